The lowest BCUT2D eigenvalue weighted by molar-refractivity contribution is -0.142. The number of hydrogen-bond acceptors (Lipinski definition) is 6. The highest BCUT2D eigenvalue weighted by Crippen LogP contribution is 2.38. The molecule has 10 heteroatoms. The topological polar surface area (TPSA) is 117 Å². The Kier molecular flexibility index (Phi) is 11.7. The Bertz CT molecular complexity index is 1180. The molecule has 1 aromatic rings. The fourth-order valence-electron chi connectivity index (χ4n) is 4.68. The van der Waals surface area contributed by atoms with Crippen LogP contribution in [0.1, 0.15) is 92.3 Å². The van der Waals surface area contributed by atoms with Gasteiger partial charge in [-0.15, -0.1) is 6.42 Å². The Hall–Kier alpha value is -2.87. The second kappa shape index (κ2) is 13.8. The number of carbonyl (C=O) groups is 3. The highest BCUT2D eigenvalue weighted by atomic mass is 28.4. The molecule has 1 heterocycles. The summed E-state index contributed by atoms with van der Waals surface area (Å²) in [5.41, 5.74) is 0.0559. The van der Waals surface area contributed by atoms with Gasteiger partial charge >= 0.3 is 6.09 Å². The number of likely N-dealkylation sites (tertiary alicyclic amines) is 1. The molecular formula is C33H53N3O6Si. The molecule has 0 saturated carbocycles. The molecule has 240 valence electrons. The summed E-state index contributed by atoms with van der Waals surface area (Å²) in [6.07, 6.45) is 4.42. The summed E-state index contributed by atoms with van der Waals surface area (Å²) in [5, 5.41) is 16.4. The molecule has 1 saturated heterocycles. The van der Waals surface area contributed by atoms with Crippen LogP contribution < -0.4 is 10.6 Å². The van der Waals surface area contributed by atoms with Crippen LogP contribution in [0.2, 0.25) is 18.1 Å². The van der Waals surface area contributed by atoms with Crippen LogP contribution in [-0.2, 0) is 18.8 Å². The Balaban J connectivity index is 2.30. The zero-order valence-corrected chi connectivity index (χ0v) is 29.0. The smallest absolute Gasteiger partial charge is 0.408 e. The second-order valence-electron chi connectivity index (χ2n) is 14.8. The van der Waals surface area contributed by atoms with Gasteiger partial charge in [0.15, 0.2) is 8.32 Å². The van der Waals surface area contributed by atoms with E-state index in [1.165, 1.54) is 4.90 Å². The lowest BCUT2D eigenvalue weighted by atomic mass is 9.80. The molecule has 0 unspecified atom stereocenters. The van der Waals surface area contributed by atoms with Crippen LogP contribution in [-0.4, -0.2) is 73.2 Å². The van der Waals surface area contributed by atoms with Crippen molar-refractivity contribution in [3.05, 3.63) is 35.4 Å². The first-order valence-corrected chi connectivity index (χ1v) is 18.0. The van der Waals surface area contributed by atoms with E-state index in [2.05, 4.69) is 50.4 Å². The number of amides is 3. The van der Waals surface area contributed by atoms with Crippen molar-refractivity contribution in [2.45, 2.75) is 123 Å². The highest BCUT2D eigenvalue weighted by Gasteiger charge is 2.47. The number of aliphatic hydroxyl groups excluding tert-OH is 1. The predicted octanol–water partition coefficient (Wildman–Crippen LogP) is 5.14. The molecule has 3 N–H and O–H groups in total. The normalized spacial score (nSPS) is 19.3. The maximum atomic E-state index is 14.2. The Morgan fingerprint density at radius 2 is 1.65 bits per heavy atom. The molecule has 1 fully saturated rings. The molecule has 43 heavy (non-hydrogen) atoms. The van der Waals surface area contributed by atoms with Gasteiger partial charge in [-0.3, -0.25) is 9.59 Å². The Morgan fingerprint density at radius 1 is 1.07 bits per heavy atom. The van der Waals surface area contributed by atoms with Crippen LogP contribution in [0.25, 0.3) is 0 Å². The van der Waals surface area contributed by atoms with Crippen molar-refractivity contribution in [3.8, 4) is 12.3 Å². The van der Waals surface area contributed by atoms with Gasteiger partial charge in [0.2, 0.25) is 11.8 Å². The number of terminal acetylenes is 1. The SMILES string of the molecule is C#Cc1ccc([C@H](C)NC(=O)[C@@H]2C[C@@H](O)CN2C(=O)[C@@H](NC(=O)OC(C)(C)C)C(C)(C)CCO[Si](C)(C)C(C)(C)C)cc1. The number of β-amino-alcohol motifs (C(OH)–C–C–N with tert-alkyl or cyclic N) is 1. The minimum atomic E-state index is -2.04. The summed E-state index contributed by atoms with van der Waals surface area (Å²) in [7, 11) is -2.04. The first-order valence-electron chi connectivity index (χ1n) is 15.1. The molecule has 0 aromatic heterocycles. The summed E-state index contributed by atoms with van der Waals surface area (Å²) in [4.78, 5) is 42.0. The van der Waals surface area contributed by atoms with Gasteiger partial charge in [-0.25, -0.2) is 4.79 Å². The number of alkyl carbamates (subject to hydrolysis) is 1. The molecule has 1 aromatic carbocycles. The van der Waals surface area contributed by atoms with Crippen molar-refractivity contribution < 1.29 is 28.7 Å². The number of nitrogens with zero attached hydrogens (tertiary/aromatic N) is 1. The zero-order chi connectivity index (χ0) is 33.0. The summed E-state index contributed by atoms with van der Waals surface area (Å²) >= 11 is 0. The van der Waals surface area contributed by atoms with Gasteiger partial charge in [0, 0.05) is 25.1 Å². The second-order valence-corrected chi connectivity index (χ2v) is 19.6. The fourth-order valence-corrected chi connectivity index (χ4v) is 5.72. The van der Waals surface area contributed by atoms with Gasteiger partial charge in [0.25, 0.3) is 0 Å². The number of carbonyl (C=O) groups excluding carboxylic acids is 3. The van der Waals surface area contributed by atoms with Crippen LogP contribution in [0.4, 0.5) is 4.79 Å². The number of ether oxygens (including phenoxy) is 1. The molecule has 1 aliphatic heterocycles. The monoisotopic (exact) mass is 615 g/mol. The number of benzene rings is 1. The van der Waals surface area contributed by atoms with Gasteiger partial charge in [-0.1, -0.05) is 52.7 Å². The van der Waals surface area contributed by atoms with Crippen molar-refractivity contribution >= 4 is 26.2 Å². The van der Waals surface area contributed by atoms with E-state index in [9.17, 15) is 19.5 Å². The summed E-state index contributed by atoms with van der Waals surface area (Å²) < 4.78 is 11.9. The highest BCUT2D eigenvalue weighted by molar-refractivity contribution is 6.74. The van der Waals surface area contributed by atoms with Gasteiger partial charge in [-0.2, -0.15) is 0 Å². The lowest BCUT2D eigenvalue weighted by Crippen LogP contribution is -2.59. The average molecular weight is 616 g/mol. The van der Waals surface area contributed by atoms with E-state index in [-0.39, 0.29) is 30.0 Å². The van der Waals surface area contributed by atoms with E-state index >= 15 is 0 Å². The molecule has 3 amide bonds. The Labute approximate surface area is 259 Å². The standard InChI is InChI=1S/C33H53N3O6Si/c1-13-23-14-16-24(17-15-23)22(2)34-28(38)26-20-25(37)21-36(26)29(39)27(35-30(40)42-31(3,4)5)33(9,10)18-19-41-43(11,12)32(6,7)8/h1,14-17,22,25-27,37H,18-21H2,2-12H3,(H,34,38)(H,35,40)/t22-,25+,26-,27+/m0/s1. The van der Waals surface area contributed by atoms with Crippen LogP contribution in [0.3, 0.4) is 0 Å². The summed E-state index contributed by atoms with van der Waals surface area (Å²) in [5.74, 6) is 1.74. The molecular weight excluding hydrogens is 562 g/mol. The quantitative estimate of drug-likeness (QED) is 0.248. The van der Waals surface area contributed by atoms with E-state index in [1.54, 1.807) is 32.9 Å². The Morgan fingerprint density at radius 3 is 2.16 bits per heavy atom. The van der Waals surface area contributed by atoms with Crippen molar-refractivity contribution in [2.24, 2.45) is 5.41 Å². The molecule has 0 radical (unpaired) electrons. The van der Waals surface area contributed by atoms with E-state index in [0.717, 1.165) is 11.1 Å². The van der Waals surface area contributed by atoms with Gasteiger partial charge < -0.3 is 29.8 Å². The van der Waals surface area contributed by atoms with Crippen molar-refractivity contribution in [1.82, 2.24) is 15.5 Å². The first kappa shape index (κ1) is 36.3. The fraction of sp³-hybridized carbons (Fsp3) is 0.667. The molecule has 0 bridgehead atoms. The van der Waals surface area contributed by atoms with E-state index in [0.29, 0.717) is 13.0 Å². The molecule has 0 spiro atoms. The van der Waals surface area contributed by atoms with E-state index < -0.39 is 49.5 Å². The van der Waals surface area contributed by atoms with Crippen LogP contribution in [0.15, 0.2) is 24.3 Å². The molecule has 9 nitrogen and oxygen atoms in total. The third-order valence-corrected chi connectivity index (χ3v) is 13.0. The van der Waals surface area contributed by atoms with Gasteiger partial charge in [0.05, 0.1) is 12.1 Å². The average Bonchev–Trinajstić information content (AvgIpc) is 3.26. The molecule has 2 rings (SSSR count). The number of aliphatic hydroxyl groups is 1. The third-order valence-electron chi connectivity index (χ3n) is 8.51. The summed E-state index contributed by atoms with van der Waals surface area (Å²) in [6.45, 7) is 22.1. The number of nitrogens with one attached hydrogen (secondary N) is 2. The zero-order valence-electron chi connectivity index (χ0n) is 28.0. The van der Waals surface area contributed by atoms with Gasteiger partial charge in [-0.05, 0) is 75.4 Å². The number of rotatable bonds is 10. The van der Waals surface area contributed by atoms with E-state index in [1.807, 2.05) is 32.9 Å². The number of hydrogen-bond donors (Lipinski definition) is 3. The molecule has 0 aliphatic carbocycles. The maximum absolute atomic E-state index is 14.2. The van der Waals surface area contributed by atoms with Crippen molar-refractivity contribution in [2.75, 3.05) is 13.2 Å². The first-order chi connectivity index (χ1) is 19.6. The molecule has 4 atom stereocenters. The van der Waals surface area contributed by atoms with Crippen LogP contribution in [0, 0.1) is 17.8 Å². The maximum Gasteiger partial charge on any atom is 0.408 e. The minimum Gasteiger partial charge on any atom is -0.444 e. The minimum absolute atomic E-state index is 0.0217. The lowest BCUT2D eigenvalue weighted by Gasteiger charge is -2.40. The van der Waals surface area contributed by atoms with Crippen LogP contribution >= 0.6 is 0 Å². The largest absolute Gasteiger partial charge is 0.444 e. The van der Waals surface area contributed by atoms with Crippen LogP contribution in [0.5, 0.6) is 0 Å². The van der Waals surface area contributed by atoms with Gasteiger partial charge in [0.1, 0.15) is 17.7 Å². The van der Waals surface area contributed by atoms with Crippen molar-refractivity contribution in [1.29, 1.82) is 0 Å². The van der Waals surface area contributed by atoms with E-state index in [4.69, 9.17) is 15.6 Å². The summed E-state index contributed by atoms with van der Waals surface area (Å²) in [6, 6.07) is 5.02. The third kappa shape index (κ3) is 10.1. The molecule has 1 aliphatic rings. The van der Waals surface area contributed by atoms with Crippen molar-refractivity contribution in [3.63, 3.8) is 0 Å². The predicted molar refractivity (Wildman–Crippen MR) is 172 cm³/mol.